The summed E-state index contributed by atoms with van der Waals surface area (Å²) in [6.45, 7) is 9.48. The van der Waals surface area contributed by atoms with Gasteiger partial charge in [0.15, 0.2) is 0 Å². The van der Waals surface area contributed by atoms with Crippen molar-refractivity contribution in [3.63, 3.8) is 0 Å². The molecular formula is C11H18ClN3. The molecule has 1 N–H and O–H groups in total. The Bertz CT molecular complexity index is 337. The van der Waals surface area contributed by atoms with Gasteiger partial charge in [-0.2, -0.15) is 0 Å². The van der Waals surface area contributed by atoms with Gasteiger partial charge in [0.25, 0.3) is 0 Å². The number of halogens is 1. The number of aromatic nitrogens is 2. The molecule has 3 nitrogen and oxygen atoms in total. The molecule has 1 rings (SSSR count). The Morgan fingerprint density at radius 3 is 2.73 bits per heavy atom. The molecule has 0 aromatic carbocycles. The zero-order valence-electron chi connectivity index (χ0n) is 9.76. The van der Waals surface area contributed by atoms with Gasteiger partial charge >= 0.3 is 0 Å². The van der Waals surface area contributed by atoms with Gasteiger partial charge < -0.3 is 5.32 Å². The van der Waals surface area contributed by atoms with Crippen LogP contribution in [0.3, 0.4) is 0 Å². The normalized spacial score (nSPS) is 11.5. The van der Waals surface area contributed by atoms with E-state index < -0.39 is 0 Å². The molecule has 0 spiro atoms. The summed E-state index contributed by atoms with van der Waals surface area (Å²) < 4.78 is 0. The minimum Gasteiger partial charge on any atom is -0.369 e. The molecule has 4 heteroatoms. The third-order valence-corrected chi connectivity index (χ3v) is 2.82. The highest BCUT2D eigenvalue weighted by Gasteiger charge is 2.15. The second kappa shape index (κ2) is 4.79. The summed E-state index contributed by atoms with van der Waals surface area (Å²) in [7, 11) is 0. The van der Waals surface area contributed by atoms with Crippen LogP contribution in [0.2, 0.25) is 5.28 Å². The zero-order chi connectivity index (χ0) is 11.5. The lowest BCUT2D eigenvalue weighted by Gasteiger charge is -2.23. The van der Waals surface area contributed by atoms with E-state index in [-0.39, 0.29) is 10.7 Å². The molecule has 0 saturated heterocycles. The molecule has 1 aromatic rings. The van der Waals surface area contributed by atoms with E-state index >= 15 is 0 Å². The number of nitrogens with one attached hydrogen (secondary N) is 1. The first-order valence-corrected chi connectivity index (χ1v) is 5.55. The summed E-state index contributed by atoms with van der Waals surface area (Å²) in [5, 5.41) is 3.60. The monoisotopic (exact) mass is 227 g/mol. The van der Waals surface area contributed by atoms with Crippen LogP contribution in [0.25, 0.3) is 0 Å². The average molecular weight is 228 g/mol. The standard InChI is InChI=1S/C11H18ClN3/c1-5-11(3,4)7-14-9-8(2)6-13-10(12)15-9/h6H,5,7H2,1-4H3,(H,13,14,15). The van der Waals surface area contributed by atoms with E-state index in [1.165, 1.54) is 0 Å². The molecule has 0 aliphatic heterocycles. The van der Waals surface area contributed by atoms with Gasteiger partial charge in [0, 0.05) is 18.3 Å². The summed E-state index contributed by atoms with van der Waals surface area (Å²) in [6, 6.07) is 0. The Labute approximate surface area is 96.3 Å². The first-order chi connectivity index (χ1) is 6.94. The highest BCUT2D eigenvalue weighted by atomic mass is 35.5. The van der Waals surface area contributed by atoms with Crippen molar-refractivity contribution in [2.75, 3.05) is 11.9 Å². The lowest BCUT2D eigenvalue weighted by molar-refractivity contribution is 0.376. The van der Waals surface area contributed by atoms with Crippen LogP contribution in [-0.4, -0.2) is 16.5 Å². The van der Waals surface area contributed by atoms with Crippen LogP contribution in [0.4, 0.5) is 5.82 Å². The average Bonchev–Trinajstić information content (AvgIpc) is 2.20. The molecule has 0 aliphatic rings. The smallest absolute Gasteiger partial charge is 0.224 e. The van der Waals surface area contributed by atoms with E-state index in [1.807, 2.05) is 6.92 Å². The van der Waals surface area contributed by atoms with Gasteiger partial charge in [0.1, 0.15) is 5.82 Å². The zero-order valence-corrected chi connectivity index (χ0v) is 10.5. The van der Waals surface area contributed by atoms with Gasteiger partial charge in [-0.3, -0.25) is 0 Å². The predicted octanol–water partition coefficient (Wildman–Crippen LogP) is 3.29. The molecule has 0 aliphatic carbocycles. The minimum atomic E-state index is 0.268. The number of aryl methyl sites for hydroxylation is 1. The van der Waals surface area contributed by atoms with Crippen molar-refractivity contribution in [3.8, 4) is 0 Å². The molecule has 1 aromatic heterocycles. The molecule has 0 saturated carbocycles. The largest absolute Gasteiger partial charge is 0.369 e. The highest BCUT2D eigenvalue weighted by molar-refractivity contribution is 6.28. The van der Waals surface area contributed by atoms with Crippen LogP contribution >= 0.6 is 11.6 Å². The van der Waals surface area contributed by atoms with Gasteiger partial charge in [0.2, 0.25) is 5.28 Å². The number of hydrogen-bond donors (Lipinski definition) is 1. The van der Waals surface area contributed by atoms with E-state index in [1.54, 1.807) is 6.20 Å². The first kappa shape index (κ1) is 12.2. The van der Waals surface area contributed by atoms with Crippen molar-refractivity contribution >= 4 is 17.4 Å². The lowest BCUT2D eigenvalue weighted by Crippen LogP contribution is -2.22. The van der Waals surface area contributed by atoms with Gasteiger partial charge in [-0.1, -0.05) is 20.8 Å². The minimum absolute atomic E-state index is 0.268. The van der Waals surface area contributed by atoms with Crippen LogP contribution in [0.1, 0.15) is 32.8 Å². The molecule has 1 heterocycles. The maximum absolute atomic E-state index is 5.74. The van der Waals surface area contributed by atoms with Gasteiger partial charge in [0.05, 0.1) is 0 Å². The summed E-state index contributed by atoms with van der Waals surface area (Å²) in [5.74, 6) is 0.830. The Balaban J connectivity index is 2.69. The fourth-order valence-corrected chi connectivity index (χ4v) is 1.18. The van der Waals surface area contributed by atoms with Crippen molar-refractivity contribution in [1.82, 2.24) is 9.97 Å². The number of anilines is 1. The Morgan fingerprint density at radius 1 is 1.47 bits per heavy atom. The van der Waals surface area contributed by atoms with Gasteiger partial charge in [-0.05, 0) is 30.4 Å². The summed E-state index contributed by atoms with van der Waals surface area (Å²) in [4.78, 5) is 8.07. The SMILES string of the molecule is CCC(C)(C)CNc1nc(Cl)ncc1C. The summed E-state index contributed by atoms with van der Waals surface area (Å²) >= 11 is 5.74. The fraction of sp³-hybridized carbons (Fsp3) is 0.636. The maximum Gasteiger partial charge on any atom is 0.224 e. The molecule has 0 radical (unpaired) electrons. The fourth-order valence-electron chi connectivity index (χ4n) is 1.05. The predicted molar refractivity (Wildman–Crippen MR) is 64.3 cm³/mol. The lowest BCUT2D eigenvalue weighted by atomic mass is 9.90. The molecule has 0 amide bonds. The number of rotatable bonds is 4. The van der Waals surface area contributed by atoms with E-state index in [0.29, 0.717) is 0 Å². The molecule has 0 atom stereocenters. The van der Waals surface area contributed by atoms with Crippen LogP contribution in [0.15, 0.2) is 6.20 Å². The Hall–Kier alpha value is -0.830. The Kier molecular flexibility index (Phi) is 3.91. The molecule has 15 heavy (non-hydrogen) atoms. The van der Waals surface area contributed by atoms with Crippen molar-refractivity contribution < 1.29 is 0 Å². The Morgan fingerprint density at radius 2 is 2.13 bits per heavy atom. The van der Waals surface area contributed by atoms with Gasteiger partial charge in [-0.15, -0.1) is 0 Å². The first-order valence-electron chi connectivity index (χ1n) is 5.17. The molecule has 0 fully saturated rings. The molecule has 84 valence electrons. The third kappa shape index (κ3) is 3.67. The van der Waals surface area contributed by atoms with E-state index in [4.69, 9.17) is 11.6 Å². The van der Waals surface area contributed by atoms with Crippen LogP contribution < -0.4 is 5.32 Å². The molecular weight excluding hydrogens is 210 g/mol. The second-order valence-electron chi connectivity index (χ2n) is 4.54. The molecule has 0 unspecified atom stereocenters. The van der Waals surface area contributed by atoms with E-state index in [0.717, 1.165) is 24.3 Å². The van der Waals surface area contributed by atoms with Crippen molar-refractivity contribution in [3.05, 3.63) is 17.0 Å². The maximum atomic E-state index is 5.74. The summed E-state index contributed by atoms with van der Waals surface area (Å²) in [5.41, 5.74) is 1.29. The number of nitrogens with zero attached hydrogens (tertiary/aromatic N) is 2. The van der Waals surface area contributed by atoms with Crippen LogP contribution in [0, 0.1) is 12.3 Å². The van der Waals surface area contributed by atoms with Crippen molar-refractivity contribution in [2.24, 2.45) is 5.41 Å². The number of hydrogen-bond acceptors (Lipinski definition) is 3. The van der Waals surface area contributed by atoms with Crippen molar-refractivity contribution in [1.29, 1.82) is 0 Å². The second-order valence-corrected chi connectivity index (χ2v) is 4.88. The quantitative estimate of drug-likeness (QED) is 0.803. The van der Waals surface area contributed by atoms with E-state index in [9.17, 15) is 0 Å². The van der Waals surface area contributed by atoms with Crippen molar-refractivity contribution in [2.45, 2.75) is 34.1 Å². The van der Waals surface area contributed by atoms with Crippen LogP contribution in [0.5, 0.6) is 0 Å². The van der Waals surface area contributed by atoms with Crippen LogP contribution in [-0.2, 0) is 0 Å². The summed E-state index contributed by atoms with van der Waals surface area (Å²) in [6.07, 6.45) is 2.86. The third-order valence-electron chi connectivity index (χ3n) is 2.63. The van der Waals surface area contributed by atoms with E-state index in [2.05, 4.69) is 36.1 Å². The topological polar surface area (TPSA) is 37.8 Å². The highest BCUT2D eigenvalue weighted by Crippen LogP contribution is 2.21. The van der Waals surface area contributed by atoms with Gasteiger partial charge in [-0.25, -0.2) is 9.97 Å². The molecule has 0 bridgehead atoms.